The van der Waals surface area contributed by atoms with Crippen molar-refractivity contribution in [1.29, 1.82) is 0 Å². The maximum absolute atomic E-state index is 5.75. The molecule has 0 spiro atoms. The van der Waals surface area contributed by atoms with Crippen molar-refractivity contribution in [2.24, 2.45) is 0 Å². The van der Waals surface area contributed by atoms with Gasteiger partial charge in [-0.1, -0.05) is 61.0 Å². The number of unbranched alkanes of at least 4 members (excludes halogenated alkanes) is 1. The van der Waals surface area contributed by atoms with E-state index in [-0.39, 0.29) is 0 Å². The fourth-order valence-corrected chi connectivity index (χ4v) is 3.78. The van der Waals surface area contributed by atoms with Gasteiger partial charge in [-0.05, 0) is 43.2 Å². The van der Waals surface area contributed by atoms with Crippen molar-refractivity contribution >= 4 is 11.8 Å². The van der Waals surface area contributed by atoms with Crippen molar-refractivity contribution < 1.29 is 4.74 Å². The van der Waals surface area contributed by atoms with Crippen molar-refractivity contribution in [3.05, 3.63) is 72.3 Å². The number of aryl methyl sites for hydroxylation is 1. The number of nitrogens with zero attached hydrogens (tertiary/aromatic N) is 3. The summed E-state index contributed by atoms with van der Waals surface area (Å²) in [5.74, 6) is 2.61. The third kappa shape index (κ3) is 5.26. The molecule has 5 heteroatoms. The lowest BCUT2D eigenvalue weighted by Crippen LogP contribution is -2.01. The Bertz CT molecular complexity index is 902. The summed E-state index contributed by atoms with van der Waals surface area (Å²) in [6.07, 6.45) is 4.08. The molecule has 0 aliphatic rings. The summed E-state index contributed by atoms with van der Waals surface area (Å²) in [6.45, 7) is 9.59. The zero-order chi connectivity index (χ0) is 19.8. The minimum atomic E-state index is 0.674. The van der Waals surface area contributed by atoms with Crippen LogP contribution in [0.15, 0.2) is 66.3 Å². The van der Waals surface area contributed by atoms with Crippen molar-refractivity contribution in [1.82, 2.24) is 14.8 Å². The Morgan fingerprint density at radius 2 is 1.96 bits per heavy atom. The van der Waals surface area contributed by atoms with Crippen LogP contribution in [0.4, 0.5) is 0 Å². The topological polar surface area (TPSA) is 39.9 Å². The van der Waals surface area contributed by atoms with Crippen LogP contribution in [0, 0.1) is 6.92 Å². The maximum Gasteiger partial charge on any atom is 0.192 e. The van der Waals surface area contributed by atoms with Crippen molar-refractivity contribution in [2.45, 2.75) is 44.1 Å². The highest BCUT2D eigenvalue weighted by Gasteiger charge is 2.14. The fourth-order valence-electron chi connectivity index (χ4n) is 2.89. The third-order valence-electron chi connectivity index (χ3n) is 4.36. The van der Waals surface area contributed by atoms with Crippen LogP contribution in [0.1, 0.15) is 30.9 Å². The summed E-state index contributed by atoms with van der Waals surface area (Å²) < 4.78 is 7.87. The molecule has 0 N–H and O–H groups in total. The summed E-state index contributed by atoms with van der Waals surface area (Å²) in [6, 6.07) is 16.6. The van der Waals surface area contributed by atoms with Crippen LogP contribution in [0.25, 0.3) is 11.4 Å². The molecule has 0 atom stereocenters. The third-order valence-corrected chi connectivity index (χ3v) is 5.40. The van der Waals surface area contributed by atoms with Crippen LogP contribution in [0.5, 0.6) is 5.75 Å². The molecule has 146 valence electrons. The van der Waals surface area contributed by atoms with Gasteiger partial charge < -0.3 is 4.74 Å². The van der Waals surface area contributed by atoms with Gasteiger partial charge in [0.25, 0.3) is 0 Å². The molecule has 28 heavy (non-hydrogen) atoms. The number of hydrogen-bond donors (Lipinski definition) is 0. The van der Waals surface area contributed by atoms with Gasteiger partial charge in [0.05, 0.1) is 6.61 Å². The highest BCUT2D eigenvalue weighted by atomic mass is 32.2. The monoisotopic (exact) mass is 393 g/mol. The van der Waals surface area contributed by atoms with E-state index in [0.29, 0.717) is 6.54 Å². The number of benzene rings is 2. The number of rotatable bonds is 10. The molecule has 0 unspecified atom stereocenters. The average molecular weight is 394 g/mol. The SMILES string of the molecule is C=CCn1c(SCc2cccc(C)c2)nnc1-c1ccc(OCCCC)cc1. The second-order valence-electron chi connectivity index (χ2n) is 6.71. The standard InChI is InChI=1S/C23H27N3OS/c1-4-6-15-27-21-12-10-20(11-13-21)22-24-25-23(26(22)14-5-2)28-17-19-9-7-8-18(3)16-19/h5,7-13,16H,2,4,6,14-15,17H2,1,3H3. The van der Waals surface area contributed by atoms with E-state index < -0.39 is 0 Å². The minimum Gasteiger partial charge on any atom is -0.494 e. The van der Waals surface area contributed by atoms with E-state index in [1.807, 2.05) is 30.3 Å². The molecule has 0 fully saturated rings. The maximum atomic E-state index is 5.75. The normalized spacial score (nSPS) is 10.8. The smallest absolute Gasteiger partial charge is 0.192 e. The molecule has 0 aliphatic carbocycles. The Labute approximate surface area is 171 Å². The van der Waals surface area contributed by atoms with Crippen molar-refractivity contribution in [3.8, 4) is 17.1 Å². The molecule has 0 bridgehead atoms. The summed E-state index contributed by atoms with van der Waals surface area (Å²) >= 11 is 1.70. The van der Waals surface area contributed by atoms with Gasteiger partial charge in [0.1, 0.15) is 5.75 Å². The predicted molar refractivity (Wildman–Crippen MR) is 117 cm³/mol. The van der Waals surface area contributed by atoms with Crippen LogP contribution in [-0.4, -0.2) is 21.4 Å². The largest absolute Gasteiger partial charge is 0.494 e. The van der Waals surface area contributed by atoms with Crippen LogP contribution < -0.4 is 4.74 Å². The van der Waals surface area contributed by atoms with Gasteiger partial charge in [-0.3, -0.25) is 4.57 Å². The first-order chi connectivity index (χ1) is 13.7. The Kier molecular flexibility index (Phi) is 7.31. The van der Waals surface area contributed by atoms with Crippen molar-refractivity contribution in [2.75, 3.05) is 6.61 Å². The zero-order valence-electron chi connectivity index (χ0n) is 16.6. The van der Waals surface area contributed by atoms with E-state index in [9.17, 15) is 0 Å². The molecule has 0 radical (unpaired) electrons. The van der Waals surface area contributed by atoms with E-state index in [2.05, 4.69) is 59.5 Å². The van der Waals surface area contributed by atoms with Crippen LogP contribution >= 0.6 is 11.8 Å². The lowest BCUT2D eigenvalue weighted by atomic mass is 10.2. The minimum absolute atomic E-state index is 0.674. The molecule has 4 nitrogen and oxygen atoms in total. The number of hydrogen-bond acceptors (Lipinski definition) is 4. The van der Waals surface area contributed by atoms with E-state index in [4.69, 9.17) is 4.74 Å². The number of aromatic nitrogens is 3. The van der Waals surface area contributed by atoms with Crippen LogP contribution in [-0.2, 0) is 12.3 Å². The molecule has 0 saturated carbocycles. The van der Waals surface area contributed by atoms with E-state index in [1.165, 1.54) is 11.1 Å². The quantitative estimate of drug-likeness (QED) is 0.244. The molecule has 2 aromatic carbocycles. The summed E-state index contributed by atoms with van der Waals surface area (Å²) in [7, 11) is 0. The number of allylic oxidation sites excluding steroid dienone is 1. The molecular weight excluding hydrogens is 366 g/mol. The first-order valence-electron chi connectivity index (χ1n) is 9.67. The average Bonchev–Trinajstić information content (AvgIpc) is 3.10. The lowest BCUT2D eigenvalue weighted by molar-refractivity contribution is 0.309. The summed E-state index contributed by atoms with van der Waals surface area (Å²) in [5, 5.41) is 9.77. The fraction of sp³-hybridized carbons (Fsp3) is 0.304. The Balaban J connectivity index is 1.75. The molecule has 1 heterocycles. The molecule has 0 saturated heterocycles. The highest BCUT2D eigenvalue weighted by molar-refractivity contribution is 7.98. The number of thioether (sulfide) groups is 1. The molecule has 3 aromatic rings. The van der Waals surface area contributed by atoms with Gasteiger partial charge in [0.2, 0.25) is 0 Å². The van der Waals surface area contributed by atoms with Crippen LogP contribution in [0.3, 0.4) is 0 Å². The van der Waals surface area contributed by atoms with Gasteiger partial charge >= 0.3 is 0 Å². The van der Waals surface area contributed by atoms with E-state index >= 15 is 0 Å². The lowest BCUT2D eigenvalue weighted by Gasteiger charge is -2.09. The van der Waals surface area contributed by atoms with E-state index in [0.717, 1.165) is 47.5 Å². The first-order valence-corrected chi connectivity index (χ1v) is 10.7. The van der Waals surface area contributed by atoms with Gasteiger partial charge in [-0.25, -0.2) is 0 Å². The highest BCUT2D eigenvalue weighted by Crippen LogP contribution is 2.27. The summed E-state index contributed by atoms with van der Waals surface area (Å²) in [4.78, 5) is 0. The Morgan fingerprint density at radius 1 is 1.14 bits per heavy atom. The molecule has 0 amide bonds. The van der Waals surface area contributed by atoms with Gasteiger partial charge in [0, 0.05) is 17.9 Å². The zero-order valence-corrected chi connectivity index (χ0v) is 17.4. The van der Waals surface area contributed by atoms with Crippen LogP contribution in [0.2, 0.25) is 0 Å². The second kappa shape index (κ2) is 10.1. The molecule has 1 aromatic heterocycles. The Morgan fingerprint density at radius 3 is 2.68 bits per heavy atom. The molecular formula is C23H27N3OS. The Hall–Kier alpha value is -2.53. The van der Waals surface area contributed by atoms with Gasteiger partial charge in [-0.15, -0.1) is 16.8 Å². The van der Waals surface area contributed by atoms with Gasteiger partial charge in [-0.2, -0.15) is 0 Å². The van der Waals surface area contributed by atoms with Crippen molar-refractivity contribution in [3.63, 3.8) is 0 Å². The van der Waals surface area contributed by atoms with E-state index in [1.54, 1.807) is 11.8 Å². The second-order valence-corrected chi connectivity index (χ2v) is 7.65. The molecule has 0 aliphatic heterocycles. The van der Waals surface area contributed by atoms with Gasteiger partial charge in [0.15, 0.2) is 11.0 Å². The number of ether oxygens (including phenoxy) is 1. The summed E-state index contributed by atoms with van der Waals surface area (Å²) in [5.41, 5.74) is 3.58. The molecule has 3 rings (SSSR count). The first kappa shape index (κ1) is 20.2. The predicted octanol–water partition coefficient (Wildman–Crippen LogP) is 5.91.